The molecule has 2 unspecified atom stereocenters. The van der Waals surface area contributed by atoms with Gasteiger partial charge in [0.1, 0.15) is 12.1 Å². The Morgan fingerprint density at radius 3 is 3.07 bits per heavy atom. The maximum absolute atomic E-state index is 6.26. The summed E-state index contributed by atoms with van der Waals surface area (Å²) in [5.41, 5.74) is 0. The topological polar surface area (TPSA) is 29.0 Å². The Kier molecular flexibility index (Phi) is 3.46. The van der Waals surface area contributed by atoms with Crippen molar-refractivity contribution in [2.75, 3.05) is 18.0 Å². The fourth-order valence-electron chi connectivity index (χ4n) is 1.75. The molecule has 1 aromatic heterocycles. The van der Waals surface area contributed by atoms with Crippen molar-refractivity contribution in [3.63, 3.8) is 0 Å². The van der Waals surface area contributed by atoms with E-state index in [1.165, 1.54) is 0 Å². The van der Waals surface area contributed by atoms with Crippen LogP contribution < -0.4 is 4.90 Å². The third-order valence-electron chi connectivity index (χ3n) is 2.81. The second-order valence-corrected chi connectivity index (χ2v) is 5.34. The van der Waals surface area contributed by atoms with Gasteiger partial charge in [-0.1, -0.05) is 6.92 Å². The van der Waals surface area contributed by atoms with Gasteiger partial charge < -0.3 is 4.90 Å². The van der Waals surface area contributed by atoms with Crippen LogP contribution in [0.4, 0.5) is 5.82 Å². The SMILES string of the molecule is CC1CCN(c2ncncc2Br)CC1Cl. The lowest BCUT2D eigenvalue weighted by Crippen LogP contribution is -2.41. The Bertz CT molecular complexity index is 347. The van der Waals surface area contributed by atoms with Crippen molar-refractivity contribution in [3.8, 4) is 0 Å². The minimum atomic E-state index is 0.209. The largest absolute Gasteiger partial charge is 0.354 e. The average Bonchev–Trinajstić information content (AvgIpc) is 2.23. The molecule has 3 nitrogen and oxygen atoms in total. The summed E-state index contributed by atoms with van der Waals surface area (Å²) in [5.74, 6) is 1.53. The zero-order chi connectivity index (χ0) is 10.8. The molecule has 0 amide bonds. The van der Waals surface area contributed by atoms with Crippen LogP contribution in [0.15, 0.2) is 17.0 Å². The van der Waals surface area contributed by atoms with Crippen LogP contribution in [0.1, 0.15) is 13.3 Å². The van der Waals surface area contributed by atoms with Crippen LogP contribution in [0.5, 0.6) is 0 Å². The fourth-order valence-corrected chi connectivity index (χ4v) is 2.52. The molecule has 0 spiro atoms. The van der Waals surface area contributed by atoms with E-state index >= 15 is 0 Å². The number of aromatic nitrogens is 2. The Balaban J connectivity index is 2.15. The van der Waals surface area contributed by atoms with Crippen LogP contribution in [0.3, 0.4) is 0 Å². The van der Waals surface area contributed by atoms with Crippen LogP contribution in [0.25, 0.3) is 0 Å². The van der Waals surface area contributed by atoms with E-state index in [0.717, 1.165) is 29.8 Å². The minimum absolute atomic E-state index is 0.209. The quantitative estimate of drug-likeness (QED) is 0.745. The lowest BCUT2D eigenvalue weighted by atomic mass is 9.99. The van der Waals surface area contributed by atoms with E-state index in [9.17, 15) is 0 Å². The summed E-state index contributed by atoms with van der Waals surface area (Å²) in [7, 11) is 0. The zero-order valence-electron chi connectivity index (χ0n) is 8.53. The molecule has 1 fully saturated rings. The van der Waals surface area contributed by atoms with Gasteiger partial charge in [0.25, 0.3) is 0 Å². The molecule has 0 radical (unpaired) electrons. The molecule has 0 aromatic carbocycles. The summed E-state index contributed by atoms with van der Waals surface area (Å²) in [6, 6.07) is 0. The van der Waals surface area contributed by atoms with Gasteiger partial charge >= 0.3 is 0 Å². The molecule has 1 aromatic rings. The van der Waals surface area contributed by atoms with E-state index in [1.54, 1.807) is 12.5 Å². The monoisotopic (exact) mass is 289 g/mol. The molecule has 2 heterocycles. The van der Waals surface area contributed by atoms with Crippen LogP contribution in [0, 0.1) is 5.92 Å². The maximum Gasteiger partial charge on any atom is 0.146 e. The molecule has 0 aliphatic carbocycles. The second-order valence-electron chi connectivity index (χ2n) is 3.92. The molecule has 15 heavy (non-hydrogen) atoms. The van der Waals surface area contributed by atoms with E-state index < -0.39 is 0 Å². The number of halogens is 2. The van der Waals surface area contributed by atoms with Crippen molar-refractivity contribution in [1.82, 2.24) is 9.97 Å². The molecule has 2 rings (SSSR count). The van der Waals surface area contributed by atoms with Crippen LogP contribution in [-0.2, 0) is 0 Å². The van der Waals surface area contributed by atoms with Gasteiger partial charge in [-0.25, -0.2) is 9.97 Å². The summed E-state index contributed by atoms with van der Waals surface area (Å²) in [6.07, 6.45) is 4.45. The molecule has 0 bridgehead atoms. The number of piperidine rings is 1. The molecule has 0 N–H and O–H groups in total. The highest BCUT2D eigenvalue weighted by Crippen LogP contribution is 2.28. The highest BCUT2D eigenvalue weighted by molar-refractivity contribution is 9.10. The summed E-state index contributed by atoms with van der Waals surface area (Å²) in [5, 5.41) is 0.209. The number of hydrogen-bond donors (Lipinski definition) is 0. The summed E-state index contributed by atoms with van der Waals surface area (Å²) >= 11 is 9.72. The highest BCUT2D eigenvalue weighted by atomic mass is 79.9. The molecule has 1 aliphatic rings. The van der Waals surface area contributed by atoms with E-state index in [4.69, 9.17) is 11.6 Å². The number of nitrogens with zero attached hydrogens (tertiary/aromatic N) is 3. The third-order valence-corrected chi connectivity index (χ3v) is 3.94. The van der Waals surface area contributed by atoms with Crippen LogP contribution in [-0.4, -0.2) is 28.4 Å². The minimum Gasteiger partial charge on any atom is -0.354 e. The number of anilines is 1. The van der Waals surface area contributed by atoms with Crippen molar-refractivity contribution in [2.45, 2.75) is 18.7 Å². The predicted octanol–water partition coefficient (Wildman–Crippen LogP) is 2.69. The van der Waals surface area contributed by atoms with E-state index in [1.807, 2.05) is 0 Å². The standard InChI is InChI=1S/C10H13BrClN3/c1-7-2-3-15(5-9(7)12)10-8(11)4-13-6-14-10/h4,6-7,9H,2-3,5H2,1H3. The van der Waals surface area contributed by atoms with Gasteiger partial charge in [0.15, 0.2) is 0 Å². The van der Waals surface area contributed by atoms with Gasteiger partial charge in [-0.2, -0.15) is 0 Å². The molecular formula is C10H13BrClN3. The molecule has 82 valence electrons. The number of rotatable bonds is 1. The smallest absolute Gasteiger partial charge is 0.146 e. The van der Waals surface area contributed by atoms with Gasteiger partial charge in [0, 0.05) is 19.3 Å². The molecule has 2 atom stereocenters. The van der Waals surface area contributed by atoms with Crippen LogP contribution >= 0.6 is 27.5 Å². The Morgan fingerprint density at radius 2 is 2.40 bits per heavy atom. The van der Waals surface area contributed by atoms with Crippen molar-refractivity contribution in [2.24, 2.45) is 5.92 Å². The Morgan fingerprint density at radius 1 is 1.60 bits per heavy atom. The highest BCUT2D eigenvalue weighted by Gasteiger charge is 2.25. The van der Waals surface area contributed by atoms with Gasteiger partial charge in [-0.05, 0) is 28.3 Å². The first kappa shape index (κ1) is 11.1. The van der Waals surface area contributed by atoms with E-state index in [0.29, 0.717) is 5.92 Å². The fraction of sp³-hybridized carbons (Fsp3) is 0.600. The summed E-state index contributed by atoms with van der Waals surface area (Å²) in [4.78, 5) is 10.4. The molecule has 5 heteroatoms. The Hall–Kier alpha value is -0.350. The molecule has 0 saturated carbocycles. The second kappa shape index (κ2) is 4.66. The van der Waals surface area contributed by atoms with Crippen molar-refractivity contribution in [1.29, 1.82) is 0 Å². The first-order chi connectivity index (χ1) is 7.18. The van der Waals surface area contributed by atoms with Crippen LogP contribution in [0.2, 0.25) is 0 Å². The normalized spacial score (nSPS) is 26.7. The van der Waals surface area contributed by atoms with Gasteiger partial charge in [-0.15, -0.1) is 11.6 Å². The zero-order valence-corrected chi connectivity index (χ0v) is 10.9. The van der Waals surface area contributed by atoms with Crippen molar-refractivity contribution >= 4 is 33.3 Å². The average molecular weight is 291 g/mol. The Labute approximate surface area is 103 Å². The molecule has 1 aliphatic heterocycles. The maximum atomic E-state index is 6.26. The third kappa shape index (κ3) is 2.42. The lowest BCUT2D eigenvalue weighted by Gasteiger charge is -2.35. The first-order valence-electron chi connectivity index (χ1n) is 5.03. The van der Waals surface area contributed by atoms with E-state index in [2.05, 4.69) is 37.7 Å². The lowest BCUT2D eigenvalue weighted by molar-refractivity contribution is 0.443. The van der Waals surface area contributed by atoms with Crippen molar-refractivity contribution < 1.29 is 0 Å². The number of alkyl halides is 1. The van der Waals surface area contributed by atoms with Gasteiger partial charge in [-0.3, -0.25) is 0 Å². The summed E-state index contributed by atoms with van der Waals surface area (Å²) < 4.78 is 0.934. The van der Waals surface area contributed by atoms with Gasteiger partial charge in [0.05, 0.1) is 9.85 Å². The summed E-state index contributed by atoms with van der Waals surface area (Å²) in [6.45, 7) is 4.07. The van der Waals surface area contributed by atoms with Gasteiger partial charge in [0.2, 0.25) is 0 Å². The number of hydrogen-bond acceptors (Lipinski definition) is 3. The first-order valence-corrected chi connectivity index (χ1v) is 6.26. The van der Waals surface area contributed by atoms with Crippen molar-refractivity contribution in [3.05, 3.63) is 17.0 Å². The molecule has 1 saturated heterocycles. The van der Waals surface area contributed by atoms with E-state index in [-0.39, 0.29) is 5.38 Å². The predicted molar refractivity (Wildman–Crippen MR) is 65.4 cm³/mol. The molecular weight excluding hydrogens is 277 g/mol.